The number of hydrogen-bond acceptors (Lipinski definition) is 0. The molecule has 0 amide bonds. The van der Waals surface area contributed by atoms with Crippen molar-refractivity contribution in [3.8, 4) is 22.4 Å². The van der Waals surface area contributed by atoms with Gasteiger partial charge in [-0.15, -0.1) is 0 Å². The van der Waals surface area contributed by atoms with Gasteiger partial charge in [0, 0.05) is 17.2 Å². The van der Waals surface area contributed by atoms with Crippen molar-refractivity contribution in [1.29, 1.82) is 0 Å². The van der Waals surface area contributed by atoms with Crippen LogP contribution in [-0.4, -0.2) is 21.9 Å². The summed E-state index contributed by atoms with van der Waals surface area (Å²) in [4.78, 5) is 0. The van der Waals surface area contributed by atoms with Crippen molar-refractivity contribution in [3.63, 3.8) is 0 Å². The van der Waals surface area contributed by atoms with Crippen LogP contribution in [0.25, 0.3) is 33.5 Å². The first-order valence-electron chi connectivity index (χ1n) is 16.5. The number of halogens is 1. The lowest BCUT2D eigenvalue weighted by Crippen LogP contribution is -2.15. The summed E-state index contributed by atoms with van der Waals surface area (Å²) >= 11 is 0. The van der Waals surface area contributed by atoms with Crippen LogP contribution in [0.3, 0.4) is 0 Å². The van der Waals surface area contributed by atoms with Gasteiger partial charge in [-0.25, -0.2) is 4.39 Å². The molecular formula is C45H40FN2+. The molecule has 2 nitrogen and oxygen atoms in total. The molecule has 7 rings (SSSR count). The smallest absolute Gasteiger partial charge is 0.223 e. The molecule has 1 aliphatic rings. The monoisotopic (exact) mass is 627 g/mol. The highest BCUT2D eigenvalue weighted by Gasteiger charge is 2.36. The zero-order valence-corrected chi connectivity index (χ0v) is 28.0. The molecule has 0 unspecified atom stereocenters. The third-order valence-corrected chi connectivity index (χ3v) is 9.27. The molecule has 3 heteroatoms. The van der Waals surface area contributed by atoms with E-state index in [2.05, 4.69) is 154 Å². The number of aromatic nitrogens is 1. The second-order valence-corrected chi connectivity index (χ2v) is 13.4. The quantitative estimate of drug-likeness (QED) is 0.156. The SMILES string of the molecule is C[N+]1=C(c2ccccc2)C=C(c2ccccc2)/C1=C(\c1ccc(C(C)(C)C)cc1)c1c(-c2ccccc2)cc(-c2ccccc2)n1CF. The Kier molecular flexibility index (Phi) is 8.37. The van der Waals surface area contributed by atoms with Crippen molar-refractivity contribution in [3.05, 3.63) is 191 Å². The third-order valence-electron chi connectivity index (χ3n) is 9.27. The first-order chi connectivity index (χ1) is 23.3. The fourth-order valence-corrected chi connectivity index (χ4v) is 6.78. The number of nitrogens with zero attached hydrogens (tertiary/aromatic N) is 2. The van der Waals surface area contributed by atoms with Crippen LogP contribution < -0.4 is 0 Å². The Morgan fingerprint density at radius 1 is 0.625 bits per heavy atom. The minimum atomic E-state index is -0.674. The second kappa shape index (κ2) is 12.9. The molecule has 48 heavy (non-hydrogen) atoms. The third kappa shape index (κ3) is 5.77. The highest BCUT2D eigenvalue weighted by atomic mass is 19.1. The maximum absolute atomic E-state index is 15.8. The predicted octanol–water partition coefficient (Wildman–Crippen LogP) is 11.0. The Labute approximate surface area is 283 Å². The largest absolute Gasteiger partial charge is 0.311 e. The Morgan fingerprint density at radius 3 is 1.65 bits per heavy atom. The molecule has 2 heterocycles. The zero-order valence-electron chi connectivity index (χ0n) is 28.0. The van der Waals surface area contributed by atoms with Crippen LogP contribution in [0.1, 0.15) is 48.7 Å². The Hall–Kier alpha value is -5.54. The van der Waals surface area contributed by atoms with Gasteiger partial charge in [0.25, 0.3) is 0 Å². The lowest BCUT2D eigenvalue weighted by molar-refractivity contribution is -0.430. The van der Waals surface area contributed by atoms with Gasteiger partial charge in [0.1, 0.15) is 7.05 Å². The highest BCUT2D eigenvalue weighted by Crippen LogP contribution is 2.45. The molecule has 1 aliphatic heterocycles. The van der Waals surface area contributed by atoms with Crippen molar-refractivity contribution in [2.24, 2.45) is 0 Å². The van der Waals surface area contributed by atoms with E-state index < -0.39 is 6.80 Å². The maximum Gasteiger partial charge on any atom is 0.223 e. The Bertz CT molecular complexity index is 2150. The topological polar surface area (TPSA) is 7.94 Å². The van der Waals surface area contributed by atoms with Crippen molar-refractivity contribution < 1.29 is 8.97 Å². The van der Waals surface area contributed by atoms with E-state index in [9.17, 15) is 0 Å². The van der Waals surface area contributed by atoms with Gasteiger partial charge in [0.05, 0.1) is 22.5 Å². The summed E-state index contributed by atoms with van der Waals surface area (Å²) in [7, 11) is 2.14. The first kappa shape index (κ1) is 31.1. The molecule has 0 fully saturated rings. The number of rotatable bonds is 7. The molecular weight excluding hydrogens is 588 g/mol. The number of likely N-dealkylation sites (N-methyl/N-ethyl adjacent to an activating group) is 1. The van der Waals surface area contributed by atoms with Gasteiger partial charge in [-0.1, -0.05) is 154 Å². The molecule has 0 atom stereocenters. The van der Waals surface area contributed by atoms with Gasteiger partial charge < -0.3 is 4.57 Å². The molecule has 1 aromatic heterocycles. The zero-order chi connectivity index (χ0) is 33.3. The van der Waals surface area contributed by atoms with Crippen molar-refractivity contribution in [1.82, 2.24) is 4.57 Å². The first-order valence-corrected chi connectivity index (χ1v) is 16.5. The fraction of sp³-hybridized carbons (Fsp3) is 0.133. The van der Waals surface area contributed by atoms with Crippen LogP contribution in [0, 0.1) is 0 Å². The van der Waals surface area contributed by atoms with E-state index >= 15 is 4.39 Å². The molecule has 0 N–H and O–H groups in total. The minimum Gasteiger partial charge on any atom is -0.311 e. The van der Waals surface area contributed by atoms with Crippen molar-refractivity contribution >= 4 is 16.9 Å². The molecule has 236 valence electrons. The van der Waals surface area contributed by atoms with Crippen LogP contribution in [0.2, 0.25) is 0 Å². The van der Waals surface area contributed by atoms with Gasteiger partial charge in [-0.3, -0.25) is 0 Å². The van der Waals surface area contributed by atoms with Crippen LogP contribution in [0.5, 0.6) is 0 Å². The van der Waals surface area contributed by atoms with E-state index in [0.29, 0.717) is 0 Å². The number of alkyl halides is 1. The van der Waals surface area contributed by atoms with Crippen LogP contribution in [0.15, 0.2) is 163 Å². The Balaban J connectivity index is 1.64. The average Bonchev–Trinajstić information content (AvgIpc) is 3.68. The summed E-state index contributed by atoms with van der Waals surface area (Å²) in [6.07, 6.45) is 2.28. The highest BCUT2D eigenvalue weighted by molar-refractivity contribution is 6.15. The summed E-state index contributed by atoms with van der Waals surface area (Å²) in [5.41, 5.74) is 13.4. The molecule has 0 bridgehead atoms. The summed E-state index contributed by atoms with van der Waals surface area (Å²) in [6, 6.07) is 52.6. The van der Waals surface area contributed by atoms with E-state index in [1.54, 1.807) is 0 Å². The van der Waals surface area contributed by atoms with E-state index in [-0.39, 0.29) is 5.41 Å². The molecule has 0 saturated heterocycles. The second-order valence-electron chi connectivity index (χ2n) is 13.4. The summed E-state index contributed by atoms with van der Waals surface area (Å²) in [5.74, 6) is 0. The number of hydrogen-bond donors (Lipinski definition) is 0. The van der Waals surface area contributed by atoms with Crippen molar-refractivity contribution in [2.75, 3.05) is 7.05 Å². The molecule has 5 aromatic carbocycles. The van der Waals surface area contributed by atoms with Gasteiger partial charge in [0.15, 0.2) is 6.80 Å². The molecule has 6 aromatic rings. The van der Waals surface area contributed by atoms with Crippen LogP contribution in [-0.2, 0) is 12.2 Å². The van der Waals surface area contributed by atoms with E-state index in [1.165, 1.54) is 5.56 Å². The van der Waals surface area contributed by atoms with Gasteiger partial charge in [-0.05, 0) is 51.4 Å². The summed E-state index contributed by atoms with van der Waals surface area (Å²) in [5, 5.41) is 0. The van der Waals surface area contributed by atoms with Crippen LogP contribution >= 0.6 is 0 Å². The summed E-state index contributed by atoms with van der Waals surface area (Å²) in [6.45, 7) is 6.03. The predicted molar refractivity (Wildman–Crippen MR) is 199 cm³/mol. The fourth-order valence-electron chi connectivity index (χ4n) is 6.78. The van der Waals surface area contributed by atoms with Gasteiger partial charge in [0.2, 0.25) is 11.4 Å². The Morgan fingerprint density at radius 2 is 1.12 bits per heavy atom. The molecule has 0 spiro atoms. The molecule has 0 aliphatic carbocycles. The lowest BCUT2D eigenvalue weighted by atomic mass is 9.85. The van der Waals surface area contributed by atoms with E-state index in [1.807, 2.05) is 41.0 Å². The standard InChI is InChI=1S/C45H40FN2/c1-45(2,3)37-27-25-36(26-28-37)42(43-38(32-17-9-5-10-18-32)29-40(47(43)4)34-21-13-7-14-22-34)44-39(33-19-11-6-12-20-33)30-41(48(44)31-46)35-23-15-8-16-24-35/h5-30H,31H2,1-4H3/q+1. The normalized spacial score (nSPS) is 14.3. The van der Waals surface area contributed by atoms with E-state index in [0.717, 1.165) is 67.3 Å². The lowest BCUT2D eigenvalue weighted by Gasteiger charge is -2.21. The maximum atomic E-state index is 15.8. The molecule has 0 radical (unpaired) electrons. The number of benzene rings is 5. The van der Waals surface area contributed by atoms with Gasteiger partial charge in [-0.2, -0.15) is 4.58 Å². The van der Waals surface area contributed by atoms with Crippen molar-refractivity contribution in [2.45, 2.75) is 33.0 Å². The van der Waals surface area contributed by atoms with Crippen LogP contribution in [0.4, 0.5) is 4.39 Å². The average molecular weight is 628 g/mol. The van der Waals surface area contributed by atoms with Gasteiger partial charge >= 0.3 is 0 Å². The minimum absolute atomic E-state index is 0.00578. The van der Waals surface area contributed by atoms with E-state index in [4.69, 9.17) is 0 Å². The summed E-state index contributed by atoms with van der Waals surface area (Å²) < 4.78 is 20.0. The number of allylic oxidation sites excluding steroid dienone is 2. The molecule has 0 saturated carbocycles.